The van der Waals surface area contributed by atoms with Gasteiger partial charge in [-0.3, -0.25) is 0 Å². The van der Waals surface area contributed by atoms with Crippen molar-refractivity contribution >= 4 is 41.1 Å². The molecule has 1 aromatic rings. The summed E-state index contributed by atoms with van der Waals surface area (Å²) in [5.74, 6) is -0.0800. The minimum atomic E-state index is -3.78. The van der Waals surface area contributed by atoms with Crippen LogP contribution in [0.3, 0.4) is 0 Å². The van der Waals surface area contributed by atoms with Gasteiger partial charge in [0.15, 0.2) is 0 Å². The third-order valence-corrected chi connectivity index (χ3v) is 7.94. The summed E-state index contributed by atoms with van der Waals surface area (Å²) in [6, 6.07) is 2.40. The molecule has 2 atom stereocenters. The Morgan fingerprint density at radius 2 is 2.14 bits per heavy atom. The summed E-state index contributed by atoms with van der Waals surface area (Å²) < 4.78 is 54.3. The van der Waals surface area contributed by atoms with Gasteiger partial charge in [-0.2, -0.15) is 0 Å². The highest BCUT2D eigenvalue weighted by Gasteiger charge is 2.25. The summed E-state index contributed by atoms with van der Waals surface area (Å²) in [6.07, 6.45) is 1.34. The molecule has 0 radical (unpaired) electrons. The lowest BCUT2D eigenvalue weighted by Crippen LogP contribution is -2.33. The zero-order valence-electron chi connectivity index (χ0n) is 11.3. The van der Waals surface area contributed by atoms with Crippen LogP contribution in [-0.4, -0.2) is 35.3 Å². The fourth-order valence-electron chi connectivity index (χ4n) is 2.09. The standard InChI is InChI=1S/C11H16ClNO5S3/c1-8(10-4-5-11(19-10)21(12,16)17)13-20(14,15)7-9-3-2-6-18-9/h4-5,8-9,13H,2-3,6-7H2,1H3. The van der Waals surface area contributed by atoms with Crippen LogP contribution < -0.4 is 4.72 Å². The van der Waals surface area contributed by atoms with E-state index >= 15 is 0 Å². The van der Waals surface area contributed by atoms with Crippen molar-refractivity contribution in [1.29, 1.82) is 0 Å². The van der Waals surface area contributed by atoms with Crippen LogP contribution in [0.5, 0.6) is 0 Å². The minimum absolute atomic E-state index is 0.00402. The summed E-state index contributed by atoms with van der Waals surface area (Å²) in [7, 11) is -2.02. The number of ether oxygens (including phenoxy) is 1. The van der Waals surface area contributed by atoms with Gasteiger partial charge in [0, 0.05) is 22.2 Å². The van der Waals surface area contributed by atoms with Crippen molar-refractivity contribution in [2.24, 2.45) is 0 Å². The molecule has 120 valence electrons. The Bertz CT molecular complexity index is 691. The van der Waals surface area contributed by atoms with Crippen LogP contribution in [0.15, 0.2) is 16.3 Å². The van der Waals surface area contributed by atoms with Gasteiger partial charge in [0.25, 0.3) is 9.05 Å². The Morgan fingerprint density at radius 3 is 2.67 bits per heavy atom. The smallest absolute Gasteiger partial charge is 0.270 e. The zero-order chi connectivity index (χ0) is 15.7. The van der Waals surface area contributed by atoms with E-state index in [0.29, 0.717) is 11.5 Å². The maximum absolute atomic E-state index is 12.0. The summed E-state index contributed by atoms with van der Waals surface area (Å²) >= 11 is 0.953. The predicted octanol–water partition coefficient (Wildman–Crippen LogP) is 1.84. The molecule has 6 nitrogen and oxygen atoms in total. The molecule has 10 heteroatoms. The number of thiophene rings is 1. The maximum atomic E-state index is 12.0. The fraction of sp³-hybridized carbons (Fsp3) is 0.636. The lowest BCUT2D eigenvalue weighted by atomic mass is 10.3. The van der Waals surface area contributed by atoms with Crippen LogP contribution in [0.25, 0.3) is 0 Å². The van der Waals surface area contributed by atoms with E-state index in [2.05, 4.69) is 4.72 Å². The van der Waals surface area contributed by atoms with Crippen molar-refractivity contribution < 1.29 is 21.6 Å². The number of halogens is 1. The van der Waals surface area contributed by atoms with Gasteiger partial charge >= 0.3 is 0 Å². The van der Waals surface area contributed by atoms with E-state index in [-0.39, 0.29) is 16.1 Å². The van der Waals surface area contributed by atoms with E-state index in [1.807, 2.05) is 0 Å². The van der Waals surface area contributed by atoms with Crippen molar-refractivity contribution in [2.75, 3.05) is 12.4 Å². The second-order valence-electron chi connectivity index (χ2n) is 4.85. The first-order valence-corrected chi connectivity index (χ1v) is 11.1. The Morgan fingerprint density at radius 1 is 1.43 bits per heavy atom. The minimum Gasteiger partial charge on any atom is -0.377 e. The molecule has 1 saturated heterocycles. The third kappa shape index (κ3) is 4.90. The van der Waals surface area contributed by atoms with Gasteiger partial charge in [-0.15, -0.1) is 11.3 Å². The van der Waals surface area contributed by atoms with E-state index < -0.39 is 25.1 Å². The third-order valence-electron chi connectivity index (χ3n) is 3.05. The van der Waals surface area contributed by atoms with Gasteiger partial charge in [-0.25, -0.2) is 21.6 Å². The average Bonchev–Trinajstić information content (AvgIpc) is 2.95. The fourth-order valence-corrected chi connectivity index (χ4v) is 5.78. The summed E-state index contributed by atoms with van der Waals surface area (Å²) in [5, 5.41) is 0. The van der Waals surface area contributed by atoms with Gasteiger partial charge < -0.3 is 4.74 Å². The van der Waals surface area contributed by atoms with Crippen LogP contribution in [0.2, 0.25) is 0 Å². The average molecular weight is 374 g/mol. The van der Waals surface area contributed by atoms with Crippen molar-refractivity contribution in [3.63, 3.8) is 0 Å². The van der Waals surface area contributed by atoms with E-state index in [4.69, 9.17) is 15.4 Å². The molecule has 2 heterocycles. The predicted molar refractivity (Wildman–Crippen MR) is 81.7 cm³/mol. The highest BCUT2D eigenvalue weighted by Crippen LogP contribution is 2.29. The monoisotopic (exact) mass is 373 g/mol. The molecular weight excluding hydrogens is 358 g/mol. The number of hydrogen-bond acceptors (Lipinski definition) is 6. The Labute approximate surface area is 132 Å². The van der Waals surface area contributed by atoms with Crippen molar-refractivity contribution in [3.05, 3.63) is 17.0 Å². The van der Waals surface area contributed by atoms with Crippen LogP contribution in [0.4, 0.5) is 0 Å². The normalized spacial score (nSPS) is 21.5. The van der Waals surface area contributed by atoms with Crippen LogP contribution in [0, 0.1) is 0 Å². The topological polar surface area (TPSA) is 89.5 Å². The number of sulfonamides is 1. The van der Waals surface area contributed by atoms with Crippen LogP contribution >= 0.6 is 22.0 Å². The Kier molecular flexibility index (Phi) is 5.32. The first kappa shape index (κ1) is 17.2. The van der Waals surface area contributed by atoms with Crippen LogP contribution in [-0.2, 0) is 23.8 Å². The lowest BCUT2D eigenvalue weighted by Gasteiger charge is -2.15. The number of hydrogen-bond donors (Lipinski definition) is 1. The van der Waals surface area contributed by atoms with Gasteiger partial charge in [0.2, 0.25) is 10.0 Å². The van der Waals surface area contributed by atoms with E-state index in [1.165, 1.54) is 6.07 Å². The SMILES string of the molecule is CC(NS(=O)(=O)CC1CCCO1)c1ccc(S(=O)(=O)Cl)s1. The lowest BCUT2D eigenvalue weighted by molar-refractivity contribution is 0.127. The molecule has 0 saturated carbocycles. The molecular formula is C11H16ClNO5S3. The first-order valence-electron chi connectivity index (χ1n) is 6.33. The molecule has 0 spiro atoms. The van der Waals surface area contributed by atoms with E-state index in [1.54, 1.807) is 13.0 Å². The summed E-state index contributed by atoms with van der Waals surface area (Å²) in [4.78, 5) is 0.588. The second kappa shape index (κ2) is 6.51. The van der Waals surface area contributed by atoms with Crippen molar-refractivity contribution in [3.8, 4) is 0 Å². The second-order valence-corrected chi connectivity index (χ2v) is 10.6. The molecule has 21 heavy (non-hydrogen) atoms. The highest BCUT2D eigenvalue weighted by molar-refractivity contribution is 8.15. The molecule has 1 aromatic heterocycles. The van der Waals surface area contributed by atoms with E-state index in [9.17, 15) is 16.8 Å². The summed E-state index contributed by atoms with van der Waals surface area (Å²) in [5.41, 5.74) is 0. The highest BCUT2D eigenvalue weighted by atomic mass is 35.7. The zero-order valence-corrected chi connectivity index (χ0v) is 14.5. The molecule has 0 aliphatic carbocycles. The molecule has 1 fully saturated rings. The molecule has 2 unspecified atom stereocenters. The van der Waals surface area contributed by atoms with Gasteiger partial charge in [0.05, 0.1) is 17.9 Å². The molecule has 0 aromatic carbocycles. The molecule has 1 aliphatic rings. The molecule has 2 rings (SSSR count). The quantitative estimate of drug-likeness (QED) is 0.768. The van der Waals surface area contributed by atoms with Crippen molar-refractivity contribution in [1.82, 2.24) is 4.72 Å². The summed E-state index contributed by atoms with van der Waals surface area (Å²) in [6.45, 7) is 2.25. The van der Waals surface area contributed by atoms with Crippen molar-refractivity contribution in [2.45, 2.75) is 36.1 Å². The largest absolute Gasteiger partial charge is 0.377 e. The molecule has 0 amide bonds. The van der Waals surface area contributed by atoms with Gasteiger partial charge in [-0.05, 0) is 31.9 Å². The van der Waals surface area contributed by atoms with Gasteiger partial charge in [0.1, 0.15) is 4.21 Å². The van der Waals surface area contributed by atoms with Crippen LogP contribution in [0.1, 0.15) is 30.7 Å². The molecule has 1 N–H and O–H groups in total. The maximum Gasteiger partial charge on any atom is 0.270 e. The first-order chi connectivity index (χ1) is 9.67. The molecule has 1 aliphatic heterocycles. The Hall–Kier alpha value is -0.190. The Balaban J connectivity index is 2.03. The van der Waals surface area contributed by atoms with E-state index in [0.717, 1.165) is 24.2 Å². The molecule has 0 bridgehead atoms. The van der Waals surface area contributed by atoms with Gasteiger partial charge in [-0.1, -0.05) is 0 Å². The number of rotatable bonds is 6. The number of nitrogens with one attached hydrogen (secondary N) is 1.